The molecule has 0 bridgehead atoms. The molecule has 2 atom stereocenters. The van der Waals surface area contributed by atoms with Crippen molar-refractivity contribution in [2.45, 2.75) is 18.5 Å². The number of piperazine rings is 1. The fraction of sp³-hybridized carbons (Fsp3) is 0.429. The number of benzene rings is 1. The summed E-state index contributed by atoms with van der Waals surface area (Å²) in [7, 11) is 0. The zero-order valence-corrected chi connectivity index (χ0v) is 16.3. The Kier molecular flexibility index (Phi) is 6.33. The number of ether oxygens (including phenoxy) is 1. The molecule has 1 aromatic carbocycles. The number of nitrogens with one attached hydrogen (secondary N) is 2. The maximum Gasteiger partial charge on any atom is 0.241 e. The standard InChI is InChI=1S/C21H26FN5O2/c22-16-4-6-17(7-5-16)29-14-13-26-9-11-27(12-10-26)21(28)20-15-19(24-25-20)18-3-1-2-8-23-18/h1-8,19-20,24-25H,9-15H2. The highest BCUT2D eigenvalue weighted by Crippen LogP contribution is 2.21. The van der Waals surface area contributed by atoms with Gasteiger partial charge in [-0.05, 0) is 42.8 Å². The number of hydrogen-bond acceptors (Lipinski definition) is 6. The van der Waals surface area contributed by atoms with Crippen molar-refractivity contribution >= 4 is 5.91 Å². The Morgan fingerprint density at radius 1 is 1.10 bits per heavy atom. The van der Waals surface area contributed by atoms with Crippen LogP contribution in [-0.2, 0) is 4.79 Å². The molecule has 2 aliphatic rings. The number of carbonyl (C=O) groups is 1. The van der Waals surface area contributed by atoms with Gasteiger partial charge in [-0.2, -0.15) is 0 Å². The summed E-state index contributed by atoms with van der Waals surface area (Å²) in [6.07, 6.45) is 2.47. The third-order valence-electron chi connectivity index (χ3n) is 5.42. The largest absolute Gasteiger partial charge is 0.492 e. The van der Waals surface area contributed by atoms with Crippen molar-refractivity contribution in [3.05, 3.63) is 60.2 Å². The van der Waals surface area contributed by atoms with Crippen LogP contribution in [0.1, 0.15) is 18.2 Å². The van der Waals surface area contributed by atoms with Crippen LogP contribution in [0.4, 0.5) is 4.39 Å². The minimum atomic E-state index is -0.267. The molecule has 4 rings (SSSR count). The molecule has 1 aromatic heterocycles. The molecule has 0 spiro atoms. The Hall–Kier alpha value is -2.55. The number of hydrazine groups is 1. The van der Waals surface area contributed by atoms with Gasteiger partial charge in [0.1, 0.15) is 24.2 Å². The van der Waals surface area contributed by atoms with Gasteiger partial charge in [0.05, 0.1) is 11.7 Å². The van der Waals surface area contributed by atoms with Gasteiger partial charge in [-0.3, -0.25) is 14.7 Å². The van der Waals surface area contributed by atoms with Crippen LogP contribution in [0.3, 0.4) is 0 Å². The van der Waals surface area contributed by atoms with Crippen molar-refractivity contribution in [3.8, 4) is 5.75 Å². The van der Waals surface area contributed by atoms with E-state index in [1.54, 1.807) is 18.3 Å². The molecule has 154 valence electrons. The van der Waals surface area contributed by atoms with Gasteiger partial charge in [0, 0.05) is 38.9 Å². The van der Waals surface area contributed by atoms with Crippen LogP contribution in [0.15, 0.2) is 48.7 Å². The maximum atomic E-state index is 12.9. The van der Waals surface area contributed by atoms with Crippen molar-refractivity contribution < 1.29 is 13.9 Å². The van der Waals surface area contributed by atoms with Crippen LogP contribution in [0.2, 0.25) is 0 Å². The molecule has 2 N–H and O–H groups in total. The van der Waals surface area contributed by atoms with E-state index in [2.05, 4.69) is 20.7 Å². The smallest absolute Gasteiger partial charge is 0.241 e. The number of carbonyl (C=O) groups excluding carboxylic acids is 1. The quantitative estimate of drug-likeness (QED) is 0.764. The second-order valence-electron chi connectivity index (χ2n) is 7.35. The number of hydrogen-bond donors (Lipinski definition) is 2. The summed E-state index contributed by atoms with van der Waals surface area (Å²) in [4.78, 5) is 21.4. The van der Waals surface area contributed by atoms with Gasteiger partial charge in [0.25, 0.3) is 0 Å². The van der Waals surface area contributed by atoms with Gasteiger partial charge >= 0.3 is 0 Å². The lowest BCUT2D eigenvalue weighted by molar-refractivity contribution is -0.135. The fourth-order valence-corrected chi connectivity index (χ4v) is 3.73. The predicted molar refractivity (Wildman–Crippen MR) is 107 cm³/mol. The van der Waals surface area contributed by atoms with Gasteiger partial charge < -0.3 is 9.64 Å². The molecule has 0 saturated carbocycles. The molecule has 0 radical (unpaired) electrons. The molecular formula is C21H26FN5O2. The summed E-state index contributed by atoms with van der Waals surface area (Å²) in [5.41, 5.74) is 7.26. The summed E-state index contributed by atoms with van der Waals surface area (Å²) >= 11 is 0. The van der Waals surface area contributed by atoms with Crippen LogP contribution in [0.5, 0.6) is 5.75 Å². The van der Waals surface area contributed by atoms with Gasteiger partial charge in [0.15, 0.2) is 0 Å². The molecule has 3 heterocycles. The van der Waals surface area contributed by atoms with Crippen molar-refractivity contribution in [2.75, 3.05) is 39.3 Å². The lowest BCUT2D eigenvalue weighted by Gasteiger charge is -2.35. The molecule has 2 aliphatic heterocycles. The lowest BCUT2D eigenvalue weighted by Crippen LogP contribution is -2.54. The Balaban J connectivity index is 1.18. The first-order valence-corrected chi connectivity index (χ1v) is 10.0. The molecule has 8 heteroatoms. The van der Waals surface area contributed by atoms with Crippen molar-refractivity contribution in [1.82, 2.24) is 25.6 Å². The van der Waals surface area contributed by atoms with Crippen LogP contribution in [0.25, 0.3) is 0 Å². The molecule has 1 amide bonds. The first-order chi connectivity index (χ1) is 14.2. The SMILES string of the molecule is O=C(C1CC(c2ccccn2)NN1)N1CCN(CCOc2ccc(F)cc2)CC1. The van der Waals surface area contributed by atoms with Crippen LogP contribution in [-0.4, -0.2) is 66.1 Å². The zero-order chi connectivity index (χ0) is 20.1. The molecule has 2 aromatic rings. The third-order valence-corrected chi connectivity index (χ3v) is 5.42. The van der Waals surface area contributed by atoms with Gasteiger partial charge in [0.2, 0.25) is 5.91 Å². The summed E-state index contributed by atoms with van der Waals surface area (Å²) < 4.78 is 18.6. The highest BCUT2D eigenvalue weighted by atomic mass is 19.1. The van der Waals surface area contributed by atoms with Crippen molar-refractivity contribution in [1.29, 1.82) is 0 Å². The first-order valence-electron chi connectivity index (χ1n) is 10.0. The van der Waals surface area contributed by atoms with E-state index in [4.69, 9.17) is 4.74 Å². The van der Waals surface area contributed by atoms with E-state index in [0.717, 1.165) is 25.3 Å². The maximum absolute atomic E-state index is 12.9. The van der Waals surface area contributed by atoms with Gasteiger partial charge in [-0.15, -0.1) is 0 Å². The van der Waals surface area contributed by atoms with Crippen molar-refractivity contribution in [2.24, 2.45) is 0 Å². The number of halogens is 1. The van der Waals surface area contributed by atoms with Gasteiger partial charge in [-0.25, -0.2) is 15.2 Å². The van der Waals surface area contributed by atoms with E-state index in [9.17, 15) is 9.18 Å². The van der Waals surface area contributed by atoms with Gasteiger partial charge in [-0.1, -0.05) is 6.07 Å². The summed E-state index contributed by atoms with van der Waals surface area (Å²) in [5, 5.41) is 0. The average Bonchev–Trinajstić information content (AvgIpc) is 3.26. The molecule has 29 heavy (non-hydrogen) atoms. The molecule has 0 aliphatic carbocycles. The molecule has 7 nitrogen and oxygen atoms in total. The highest BCUT2D eigenvalue weighted by Gasteiger charge is 2.34. The summed E-state index contributed by atoms with van der Waals surface area (Å²) in [6, 6.07) is 11.7. The van der Waals surface area contributed by atoms with Crippen molar-refractivity contribution in [3.63, 3.8) is 0 Å². The fourth-order valence-electron chi connectivity index (χ4n) is 3.73. The normalized spacial score (nSPS) is 22.6. The van der Waals surface area contributed by atoms with E-state index in [0.29, 0.717) is 31.9 Å². The first kappa shape index (κ1) is 19.8. The Labute approximate surface area is 169 Å². The van der Waals surface area contributed by atoms with E-state index in [-0.39, 0.29) is 23.8 Å². The second-order valence-corrected chi connectivity index (χ2v) is 7.35. The number of rotatable bonds is 6. The van der Waals surface area contributed by atoms with E-state index < -0.39 is 0 Å². The number of aromatic nitrogens is 1. The minimum Gasteiger partial charge on any atom is -0.492 e. The highest BCUT2D eigenvalue weighted by molar-refractivity contribution is 5.82. The summed E-state index contributed by atoms with van der Waals surface area (Å²) in [5.74, 6) is 0.539. The second kappa shape index (κ2) is 9.30. The van der Waals surface area contributed by atoms with Crippen LogP contribution < -0.4 is 15.6 Å². The number of nitrogens with zero attached hydrogens (tertiary/aromatic N) is 3. The van der Waals surface area contributed by atoms with Crippen LogP contribution in [0, 0.1) is 5.82 Å². The lowest BCUT2D eigenvalue weighted by atomic mass is 10.1. The van der Waals surface area contributed by atoms with Crippen LogP contribution >= 0.6 is 0 Å². The minimum absolute atomic E-state index is 0.0510. The summed E-state index contributed by atoms with van der Waals surface area (Å²) in [6.45, 7) is 4.39. The predicted octanol–water partition coefficient (Wildman–Crippen LogP) is 1.35. The Bertz CT molecular complexity index is 796. The third kappa shape index (κ3) is 5.09. The van der Waals surface area contributed by atoms with E-state index in [1.165, 1.54) is 12.1 Å². The topological polar surface area (TPSA) is 69.7 Å². The average molecular weight is 399 g/mol. The van der Waals surface area contributed by atoms with E-state index in [1.807, 2.05) is 23.1 Å². The monoisotopic (exact) mass is 399 g/mol. The molecule has 2 saturated heterocycles. The zero-order valence-electron chi connectivity index (χ0n) is 16.3. The Morgan fingerprint density at radius 2 is 1.90 bits per heavy atom. The Morgan fingerprint density at radius 3 is 2.62 bits per heavy atom. The molecule has 2 unspecified atom stereocenters. The molecule has 2 fully saturated rings. The van der Waals surface area contributed by atoms with E-state index >= 15 is 0 Å². The number of amides is 1. The number of pyridine rings is 1. The molecular weight excluding hydrogens is 373 g/mol.